The third kappa shape index (κ3) is 5.74. The van der Waals surface area contributed by atoms with Crippen molar-refractivity contribution < 1.29 is 9.47 Å². The van der Waals surface area contributed by atoms with Crippen LogP contribution in [0.3, 0.4) is 0 Å². The van der Waals surface area contributed by atoms with E-state index in [4.69, 9.17) is 9.47 Å². The first kappa shape index (κ1) is 15.8. The van der Waals surface area contributed by atoms with E-state index in [1.807, 2.05) is 18.2 Å². The number of hydrogen-bond acceptors (Lipinski definition) is 3. The molecule has 0 saturated carbocycles. The number of benzene rings is 2. The predicted octanol–water partition coefficient (Wildman–Crippen LogP) is 3.62. The van der Waals surface area contributed by atoms with E-state index < -0.39 is 0 Å². The van der Waals surface area contributed by atoms with Gasteiger partial charge < -0.3 is 14.8 Å². The molecule has 114 valence electrons. The lowest BCUT2D eigenvalue weighted by atomic mass is 10.1. The van der Waals surface area contributed by atoms with Crippen LogP contribution in [0.2, 0.25) is 0 Å². The Morgan fingerprint density at radius 1 is 0.905 bits per heavy atom. The van der Waals surface area contributed by atoms with Gasteiger partial charge in [0.05, 0.1) is 13.2 Å². The lowest BCUT2D eigenvalue weighted by Gasteiger charge is -2.20. The summed E-state index contributed by atoms with van der Waals surface area (Å²) < 4.78 is 11.3. The van der Waals surface area contributed by atoms with Gasteiger partial charge in [-0.3, -0.25) is 0 Å². The molecule has 0 saturated heterocycles. The molecule has 0 atom stereocenters. The molecule has 2 aromatic rings. The Morgan fingerprint density at radius 2 is 1.67 bits per heavy atom. The van der Waals surface area contributed by atoms with Gasteiger partial charge in [-0.25, -0.2) is 0 Å². The summed E-state index contributed by atoms with van der Waals surface area (Å²) in [5, 5.41) is 5.82. The van der Waals surface area contributed by atoms with Crippen molar-refractivity contribution >= 4 is 10.8 Å². The number of rotatable bonds is 7. The van der Waals surface area contributed by atoms with Crippen LogP contribution in [0.5, 0.6) is 5.75 Å². The second-order valence-corrected chi connectivity index (χ2v) is 6.15. The number of fused-ring (bicyclic) bond motifs is 1. The van der Waals surface area contributed by atoms with Gasteiger partial charge in [-0.1, -0.05) is 30.3 Å². The quantitative estimate of drug-likeness (QED) is 0.789. The number of nitrogens with one attached hydrogen (secondary N) is 1. The zero-order chi connectivity index (χ0) is 15.1. The first-order chi connectivity index (χ1) is 10.0. The first-order valence-corrected chi connectivity index (χ1v) is 7.49. The van der Waals surface area contributed by atoms with Crippen LogP contribution in [0, 0.1) is 0 Å². The third-order valence-corrected chi connectivity index (χ3v) is 3.12. The van der Waals surface area contributed by atoms with Gasteiger partial charge in [0.1, 0.15) is 12.4 Å². The maximum atomic E-state index is 5.72. The summed E-state index contributed by atoms with van der Waals surface area (Å²) in [6.45, 7) is 9.20. The van der Waals surface area contributed by atoms with Crippen LogP contribution in [-0.4, -0.2) is 31.9 Å². The van der Waals surface area contributed by atoms with E-state index in [0.29, 0.717) is 19.8 Å². The average molecular weight is 287 g/mol. The van der Waals surface area contributed by atoms with Gasteiger partial charge in [0.15, 0.2) is 0 Å². The van der Waals surface area contributed by atoms with Crippen LogP contribution in [0.4, 0.5) is 0 Å². The van der Waals surface area contributed by atoms with E-state index in [1.54, 1.807) is 0 Å². The molecule has 0 radical (unpaired) electrons. The highest BCUT2D eigenvalue weighted by Crippen LogP contribution is 2.20. The summed E-state index contributed by atoms with van der Waals surface area (Å²) >= 11 is 0. The van der Waals surface area contributed by atoms with Crippen molar-refractivity contribution in [2.75, 3.05) is 26.4 Å². The summed E-state index contributed by atoms with van der Waals surface area (Å²) in [6, 6.07) is 14.4. The van der Waals surface area contributed by atoms with Gasteiger partial charge in [0.2, 0.25) is 0 Å². The molecule has 0 aromatic heterocycles. The third-order valence-electron chi connectivity index (χ3n) is 3.12. The second kappa shape index (κ2) is 7.43. The minimum absolute atomic E-state index is 0.144. The number of hydrogen-bond donors (Lipinski definition) is 1. The average Bonchev–Trinajstić information content (AvgIpc) is 2.45. The fourth-order valence-corrected chi connectivity index (χ4v) is 2.08. The van der Waals surface area contributed by atoms with Crippen LogP contribution in [0.25, 0.3) is 10.8 Å². The van der Waals surface area contributed by atoms with Crippen molar-refractivity contribution in [2.24, 2.45) is 0 Å². The van der Waals surface area contributed by atoms with Crippen molar-refractivity contribution in [3.63, 3.8) is 0 Å². The molecule has 3 nitrogen and oxygen atoms in total. The predicted molar refractivity (Wildman–Crippen MR) is 88.0 cm³/mol. The Bertz CT molecular complexity index is 560. The molecule has 0 unspecified atom stereocenters. The van der Waals surface area contributed by atoms with Crippen molar-refractivity contribution in [3.05, 3.63) is 42.5 Å². The molecule has 0 spiro atoms. The van der Waals surface area contributed by atoms with Crippen LogP contribution >= 0.6 is 0 Å². The van der Waals surface area contributed by atoms with Gasteiger partial charge >= 0.3 is 0 Å². The van der Waals surface area contributed by atoms with Crippen LogP contribution in [-0.2, 0) is 4.74 Å². The minimum atomic E-state index is 0.144. The Kier molecular flexibility index (Phi) is 5.59. The molecule has 1 N–H and O–H groups in total. The molecule has 2 rings (SSSR count). The maximum Gasteiger partial charge on any atom is 0.120 e. The standard InChI is InChI=1S/C18H25NO2/c1-18(2,3)19-10-11-20-12-13-21-17-9-8-15-6-4-5-7-16(15)14-17/h4-9,14,19H,10-13H2,1-3H3. The lowest BCUT2D eigenvalue weighted by Crippen LogP contribution is -2.38. The summed E-state index contributed by atoms with van der Waals surface area (Å²) in [7, 11) is 0. The van der Waals surface area contributed by atoms with Gasteiger partial charge in [0, 0.05) is 12.1 Å². The molecule has 0 heterocycles. The maximum absolute atomic E-state index is 5.72. The highest BCUT2D eigenvalue weighted by atomic mass is 16.5. The van der Waals surface area contributed by atoms with E-state index >= 15 is 0 Å². The molecule has 2 aromatic carbocycles. The van der Waals surface area contributed by atoms with Crippen LogP contribution < -0.4 is 10.1 Å². The van der Waals surface area contributed by atoms with Crippen LogP contribution in [0.15, 0.2) is 42.5 Å². The van der Waals surface area contributed by atoms with Gasteiger partial charge in [-0.15, -0.1) is 0 Å². The molecule has 0 fully saturated rings. The minimum Gasteiger partial charge on any atom is -0.491 e. The molecular formula is C18H25NO2. The second-order valence-electron chi connectivity index (χ2n) is 6.15. The largest absolute Gasteiger partial charge is 0.491 e. The molecule has 3 heteroatoms. The SMILES string of the molecule is CC(C)(C)NCCOCCOc1ccc2ccccc2c1. The highest BCUT2D eigenvalue weighted by Gasteiger charge is 2.06. The zero-order valence-corrected chi connectivity index (χ0v) is 13.2. The van der Waals surface area contributed by atoms with Crippen LogP contribution in [0.1, 0.15) is 20.8 Å². The molecule has 0 bridgehead atoms. The Labute approximate surface area is 127 Å². The monoisotopic (exact) mass is 287 g/mol. The van der Waals surface area contributed by atoms with Crippen molar-refractivity contribution in [2.45, 2.75) is 26.3 Å². The van der Waals surface area contributed by atoms with E-state index in [0.717, 1.165) is 12.3 Å². The molecule has 0 aliphatic carbocycles. The molecular weight excluding hydrogens is 262 g/mol. The fourth-order valence-electron chi connectivity index (χ4n) is 2.08. The Balaban J connectivity index is 1.66. The lowest BCUT2D eigenvalue weighted by molar-refractivity contribution is 0.0985. The number of ether oxygens (including phenoxy) is 2. The van der Waals surface area contributed by atoms with Gasteiger partial charge in [0.25, 0.3) is 0 Å². The molecule has 21 heavy (non-hydrogen) atoms. The van der Waals surface area contributed by atoms with Gasteiger partial charge in [-0.05, 0) is 43.7 Å². The first-order valence-electron chi connectivity index (χ1n) is 7.49. The topological polar surface area (TPSA) is 30.5 Å². The van der Waals surface area contributed by atoms with Gasteiger partial charge in [-0.2, -0.15) is 0 Å². The summed E-state index contributed by atoms with van der Waals surface area (Å²) in [5.74, 6) is 0.894. The van der Waals surface area contributed by atoms with E-state index in [2.05, 4.69) is 50.4 Å². The summed E-state index contributed by atoms with van der Waals surface area (Å²) in [6.07, 6.45) is 0. The Morgan fingerprint density at radius 3 is 2.43 bits per heavy atom. The smallest absolute Gasteiger partial charge is 0.120 e. The fraction of sp³-hybridized carbons (Fsp3) is 0.444. The normalized spacial score (nSPS) is 11.8. The molecule has 0 aliphatic heterocycles. The Hall–Kier alpha value is -1.58. The van der Waals surface area contributed by atoms with E-state index in [1.165, 1.54) is 10.8 Å². The summed E-state index contributed by atoms with van der Waals surface area (Å²) in [5.41, 5.74) is 0.144. The molecule has 0 aliphatic rings. The van der Waals surface area contributed by atoms with Crippen molar-refractivity contribution in [3.8, 4) is 5.75 Å². The van der Waals surface area contributed by atoms with Crippen molar-refractivity contribution in [1.29, 1.82) is 0 Å². The zero-order valence-electron chi connectivity index (χ0n) is 13.2. The van der Waals surface area contributed by atoms with E-state index in [-0.39, 0.29) is 5.54 Å². The van der Waals surface area contributed by atoms with Crippen molar-refractivity contribution in [1.82, 2.24) is 5.32 Å². The summed E-state index contributed by atoms with van der Waals surface area (Å²) in [4.78, 5) is 0. The highest BCUT2D eigenvalue weighted by molar-refractivity contribution is 5.83. The van der Waals surface area contributed by atoms with E-state index in [9.17, 15) is 0 Å². The molecule has 0 amide bonds.